The fourth-order valence-electron chi connectivity index (χ4n) is 6.05. The van der Waals surface area contributed by atoms with Crippen molar-refractivity contribution in [1.29, 1.82) is 5.26 Å². The Hall–Kier alpha value is -2.52. The van der Waals surface area contributed by atoms with E-state index in [4.69, 9.17) is 5.73 Å². The molecule has 0 aromatic heterocycles. The Morgan fingerprint density at radius 3 is 2.91 bits per heavy atom. The van der Waals surface area contributed by atoms with Crippen LogP contribution in [0, 0.1) is 11.3 Å². The molecule has 2 amide bonds. The highest BCUT2D eigenvalue weighted by atomic mass is 32.2. The predicted molar refractivity (Wildman–Crippen MR) is 119 cm³/mol. The monoisotopic (exact) mass is 471 g/mol. The number of rotatable bonds is 6. The van der Waals surface area contributed by atoms with Crippen LogP contribution in [0.15, 0.2) is 18.2 Å². The van der Waals surface area contributed by atoms with Gasteiger partial charge in [-0.05, 0) is 55.4 Å². The lowest BCUT2D eigenvalue weighted by Gasteiger charge is -2.38. The Morgan fingerprint density at radius 2 is 2.18 bits per heavy atom. The van der Waals surface area contributed by atoms with E-state index in [9.17, 15) is 23.6 Å². The molecule has 33 heavy (non-hydrogen) atoms. The summed E-state index contributed by atoms with van der Waals surface area (Å²) in [5, 5.41) is 9.25. The van der Waals surface area contributed by atoms with Crippen molar-refractivity contribution >= 4 is 28.8 Å². The number of benzene rings is 1. The van der Waals surface area contributed by atoms with Gasteiger partial charge < -0.3 is 24.8 Å². The molecule has 3 aliphatic heterocycles. The molecule has 2 bridgehead atoms. The average Bonchev–Trinajstić information content (AvgIpc) is 3.55. The number of aryl methyl sites for hydroxylation is 1. The minimum absolute atomic E-state index is 0.00672. The number of hydrogen-bond acceptors (Lipinski definition) is 7. The van der Waals surface area contributed by atoms with Gasteiger partial charge >= 0.3 is 0 Å². The second-order valence-corrected chi connectivity index (χ2v) is 10.0. The van der Waals surface area contributed by atoms with Gasteiger partial charge in [-0.3, -0.25) is 18.7 Å². The van der Waals surface area contributed by atoms with Gasteiger partial charge in [-0.2, -0.15) is 5.26 Å². The lowest BCUT2D eigenvalue weighted by molar-refractivity contribution is -0.141. The summed E-state index contributed by atoms with van der Waals surface area (Å²) in [7, 11) is 0. The van der Waals surface area contributed by atoms with Crippen LogP contribution in [0.3, 0.4) is 0 Å². The average molecular weight is 472 g/mol. The Bertz CT molecular complexity index is 1040. The smallest absolute Gasteiger partial charge is 0.241 e. The normalized spacial score (nSPS) is 30.4. The Labute approximate surface area is 195 Å². The van der Waals surface area contributed by atoms with Crippen molar-refractivity contribution in [2.45, 2.75) is 62.3 Å². The summed E-state index contributed by atoms with van der Waals surface area (Å²) >= 11 is -2.37. The first-order chi connectivity index (χ1) is 15.9. The van der Waals surface area contributed by atoms with Gasteiger partial charge in [0, 0.05) is 42.6 Å². The van der Waals surface area contributed by atoms with Crippen molar-refractivity contribution in [2.24, 2.45) is 5.73 Å². The van der Waals surface area contributed by atoms with Crippen LogP contribution in [0.25, 0.3) is 0 Å². The summed E-state index contributed by atoms with van der Waals surface area (Å²) in [5.74, 6) is -0.137. The van der Waals surface area contributed by atoms with Gasteiger partial charge in [0.15, 0.2) is 0 Å². The molecule has 4 aliphatic rings. The molecular weight excluding hydrogens is 444 g/mol. The van der Waals surface area contributed by atoms with Gasteiger partial charge in [-0.1, -0.05) is 6.07 Å². The molecule has 1 aliphatic carbocycles. The Morgan fingerprint density at radius 1 is 1.36 bits per heavy atom. The number of fused-ring (bicyclic) bond motifs is 3. The first kappa shape index (κ1) is 22.3. The van der Waals surface area contributed by atoms with E-state index in [0.717, 1.165) is 36.8 Å². The van der Waals surface area contributed by atoms with E-state index in [-0.39, 0.29) is 29.9 Å². The van der Waals surface area contributed by atoms with Crippen molar-refractivity contribution in [3.63, 3.8) is 0 Å². The maximum absolute atomic E-state index is 13.3. The quantitative estimate of drug-likeness (QED) is 0.556. The third-order valence-corrected chi connectivity index (χ3v) is 7.88. The van der Waals surface area contributed by atoms with E-state index in [0.29, 0.717) is 31.7 Å². The molecule has 1 aromatic rings. The number of likely N-dealkylation sites (tertiary alicyclic amines) is 3. The Balaban J connectivity index is 1.24. The highest BCUT2D eigenvalue weighted by molar-refractivity contribution is 7.80. The fraction of sp³-hybridized carbons (Fsp3) is 0.591. The first-order valence-corrected chi connectivity index (χ1v) is 12.5. The molecule has 3 saturated heterocycles. The first-order valence-electron chi connectivity index (χ1n) is 11.4. The number of carbonyl (C=O) groups is 2. The topological polar surface area (TPSA) is 146 Å². The summed E-state index contributed by atoms with van der Waals surface area (Å²) in [4.78, 5) is 31.7. The lowest BCUT2D eigenvalue weighted by atomic mass is 10.0. The highest BCUT2D eigenvalue weighted by Gasteiger charge is 2.53. The van der Waals surface area contributed by atoms with Crippen molar-refractivity contribution in [3.8, 4) is 6.07 Å². The maximum Gasteiger partial charge on any atom is 0.241 e. The molecule has 1 unspecified atom stereocenters. The van der Waals surface area contributed by atoms with E-state index in [1.54, 1.807) is 11.0 Å². The van der Waals surface area contributed by atoms with E-state index in [2.05, 4.69) is 10.8 Å². The predicted octanol–water partition coefficient (Wildman–Crippen LogP) is 0.00688. The van der Waals surface area contributed by atoms with E-state index < -0.39 is 23.4 Å². The largest absolute Gasteiger partial charge is 0.755 e. The van der Waals surface area contributed by atoms with Gasteiger partial charge in [0.25, 0.3) is 0 Å². The molecular formula is C22H27N6O4S-. The van der Waals surface area contributed by atoms with Crippen molar-refractivity contribution < 1.29 is 18.4 Å². The van der Waals surface area contributed by atoms with Crippen LogP contribution in [0.4, 0.5) is 5.69 Å². The van der Waals surface area contributed by atoms with Gasteiger partial charge in [0.1, 0.15) is 6.04 Å². The zero-order chi connectivity index (χ0) is 23.3. The molecule has 3 heterocycles. The summed E-state index contributed by atoms with van der Waals surface area (Å²) in [5.41, 5.74) is 8.89. The van der Waals surface area contributed by atoms with Crippen LogP contribution in [-0.4, -0.2) is 79.1 Å². The number of nitrogens with two attached hydrogens (primary N) is 1. The second-order valence-electron chi connectivity index (χ2n) is 9.33. The zero-order valence-electron chi connectivity index (χ0n) is 18.2. The van der Waals surface area contributed by atoms with Crippen LogP contribution in [0.1, 0.15) is 42.9 Å². The van der Waals surface area contributed by atoms with Crippen molar-refractivity contribution in [3.05, 3.63) is 29.3 Å². The minimum Gasteiger partial charge on any atom is -0.755 e. The molecule has 0 saturated carbocycles. The number of nitrogens with one attached hydrogen (secondary N) is 1. The Kier molecular flexibility index (Phi) is 5.86. The fourth-order valence-corrected chi connectivity index (χ4v) is 6.37. The molecule has 3 N–H and O–H groups in total. The zero-order valence-corrected chi connectivity index (χ0v) is 19.0. The van der Waals surface area contributed by atoms with Gasteiger partial charge in [-0.25, -0.2) is 0 Å². The number of piperazine rings is 1. The number of nitriles is 1. The molecule has 0 spiro atoms. The van der Waals surface area contributed by atoms with Crippen LogP contribution in [-0.2, 0) is 27.3 Å². The van der Waals surface area contributed by atoms with E-state index in [1.807, 2.05) is 21.9 Å². The lowest BCUT2D eigenvalue weighted by Crippen LogP contribution is -2.56. The van der Waals surface area contributed by atoms with Crippen molar-refractivity contribution in [2.75, 3.05) is 24.4 Å². The van der Waals surface area contributed by atoms with Crippen LogP contribution in [0.5, 0.6) is 0 Å². The van der Waals surface area contributed by atoms with Crippen molar-refractivity contribution in [1.82, 2.24) is 14.7 Å². The summed E-state index contributed by atoms with van der Waals surface area (Å²) in [6, 6.07) is 6.31. The summed E-state index contributed by atoms with van der Waals surface area (Å²) < 4.78 is 24.2. The molecule has 1 aromatic carbocycles. The van der Waals surface area contributed by atoms with Crippen LogP contribution >= 0.6 is 0 Å². The molecule has 0 radical (unpaired) electrons. The maximum atomic E-state index is 13.3. The highest BCUT2D eigenvalue weighted by Crippen LogP contribution is 2.44. The van der Waals surface area contributed by atoms with Crippen LogP contribution in [0.2, 0.25) is 0 Å². The summed E-state index contributed by atoms with van der Waals surface area (Å²) in [6.07, 6.45) is 3.84. The third kappa shape index (κ3) is 3.91. The third-order valence-electron chi connectivity index (χ3n) is 7.47. The van der Waals surface area contributed by atoms with E-state index in [1.165, 1.54) is 0 Å². The molecule has 11 heteroatoms. The number of anilines is 1. The number of hydrogen-bond donors (Lipinski definition) is 2. The minimum atomic E-state index is -2.37. The number of amides is 2. The molecule has 10 nitrogen and oxygen atoms in total. The molecule has 176 valence electrons. The SMILES string of the molecule is N#C[C@@H]1CCCN1C(=O)[C@@H](N)CN1C[C@@H]2C[C@H]1C(=O)N2[C@@H]1CCc2cc(NS(=O)[O-])ccc21. The summed E-state index contributed by atoms with van der Waals surface area (Å²) in [6.45, 7) is 1.56. The standard InChI is InChI=1S/C22H28N6O4S/c23-10-15-2-1-7-27(15)21(29)18(24)12-26-11-16-9-20(26)22(30)28(16)19-6-3-13-8-14(25-33(31)32)4-5-17(13)19/h4-5,8,15-16,18-20,25H,1-3,6-7,9,11-12,24H2,(H,31,32)/p-1/t15-,16-,18-,19+,20-/m0/s1. The van der Waals surface area contributed by atoms with E-state index >= 15 is 0 Å². The second kappa shape index (κ2) is 8.68. The van der Waals surface area contributed by atoms with Gasteiger partial charge in [0.05, 0.1) is 24.2 Å². The number of nitrogens with zero attached hydrogens (tertiary/aromatic N) is 4. The molecule has 5 rings (SSSR count). The molecule has 6 atom stereocenters. The van der Waals surface area contributed by atoms with Gasteiger partial charge in [-0.15, -0.1) is 0 Å². The van der Waals surface area contributed by atoms with Gasteiger partial charge in [0.2, 0.25) is 11.8 Å². The van der Waals surface area contributed by atoms with Crippen LogP contribution < -0.4 is 10.5 Å². The molecule has 3 fully saturated rings. The number of carbonyl (C=O) groups excluding carboxylic acids is 2.